The van der Waals surface area contributed by atoms with Crippen LogP contribution in [0.5, 0.6) is 5.75 Å². The van der Waals surface area contributed by atoms with Crippen LogP contribution in [0.2, 0.25) is 0 Å². The first-order valence-corrected chi connectivity index (χ1v) is 10.00. The van der Waals surface area contributed by atoms with Gasteiger partial charge in [-0.3, -0.25) is 4.79 Å². The monoisotopic (exact) mass is 404 g/mol. The minimum absolute atomic E-state index is 0.0477. The van der Waals surface area contributed by atoms with Gasteiger partial charge in [0.05, 0.1) is 7.11 Å². The number of ether oxygens (including phenoxy) is 1. The minimum atomic E-state index is -5.04. The molecule has 3 aromatic carbocycles. The van der Waals surface area contributed by atoms with Crippen LogP contribution in [-0.2, 0) is 4.57 Å². The molecule has 1 atom stereocenters. The van der Waals surface area contributed by atoms with Crippen LogP contribution in [0.15, 0.2) is 72.8 Å². The molecule has 0 saturated carbocycles. The van der Waals surface area contributed by atoms with Crippen molar-refractivity contribution in [2.75, 3.05) is 7.11 Å². The van der Waals surface area contributed by atoms with Crippen LogP contribution in [0.1, 0.15) is 10.4 Å². The van der Waals surface area contributed by atoms with Crippen molar-refractivity contribution >= 4 is 24.0 Å². The highest BCUT2D eigenvalue weighted by Gasteiger charge is 2.54. The smallest absolute Gasteiger partial charge is 0.448 e. The molecule has 28 heavy (non-hydrogen) atoms. The summed E-state index contributed by atoms with van der Waals surface area (Å²) in [6.07, 6.45) is 0.537. The summed E-state index contributed by atoms with van der Waals surface area (Å²) in [5.41, 5.74) is 0.371. The van der Waals surface area contributed by atoms with Crippen molar-refractivity contribution in [3.05, 3.63) is 78.4 Å². The van der Waals surface area contributed by atoms with Gasteiger partial charge in [0.25, 0.3) is 0 Å². The van der Waals surface area contributed by atoms with E-state index in [0.717, 1.165) is 0 Å². The van der Waals surface area contributed by atoms with Gasteiger partial charge < -0.3 is 9.30 Å². The van der Waals surface area contributed by atoms with E-state index in [1.54, 1.807) is 18.2 Å². The molecule has 0 radical (unpaired) electrons. The summed E-state index contributed by atoms with van der Waals surface area (Å²) >= 11 is 0. The number of aldehydes is 1. The lowest BCUT2D eigenvalue weighted by molar-refractivity contribution is -0.0436. The lowest BCUT2D eigenvalue weighted by atomic mass is 9.99. The molecule has 0 amide bonds. The molecule has 0 fully saturated rings. The summed E-state index contributed by atoms with van der Waals surface area (Å²) in [5, 5.41) is -0.709. The van der Waals surface area contributed by atoms with E-state index >= 15 is 0 Å². The Balaban J connectivity index is 2.41. The number of alkyl halides is 3. The fourth-order valence-corrected chi connectivity index (χ4v) is 5.38. The maximum atomic E-state index is 14.2. The number of rotatable bonds is 5. The van der Waals surface area contributed by atoms with Crippen molar-refractivity contribution in [1.29, 1.82) is 0 Å². The summed E-state index contributed by atoms with van der Waals surface area (Å²) < 4.78 is 61.4. The van der Waals surface area contributed by atoms with Crippen LogP contribution in [0, 0.1) is 0 Å². The molecule has 0 bridgehead atoms. The Labute approximate surface area is 160 Å². The molecule has 0 spiro atoms. The SMILES string of the molecule is COc1cccc(C=O)c1-c1ccccc1[P@](=O)(c1ccccc1)C(F)(F)F. The maximum absolute atomic E-state index is 14.2. The Kier molecular flexibility index (Phi) is 5.43. The van der Waals surface area contributed by atoms with Crippen molar-refractivity contribution in [2.45, 2.75) is 5.92 Å². The molecule has 0 saturated heterocycles. The third-order valence-corrected chi connectivity index (χ3v) is 7.20. The molecule has 0 heterocycles. The Morgan fingerprint density at radius 1 is 0.893 bits per heavy atom. The van der Waals surface area contributed by atoms with Gasteiger partial charge in [0, 0.05) is 21.7 Å². The minimum Gasteiger partial charge on any atom is -0.496 e. The van der Waals surface area contributed by atoms with Gasteiger partial charge in [-0.25, -0.2) is 0 Å². The third-order valence-electron chi connectivity index (χ3n) is 4.39. The van der Waals surface area contributed by atoms with Crippen LogP contribution < -0.4 is 15.3 Å². The van der Waals surface area contributed by atoms with Gasteiger partial charge in [0.2, 0.25) is 7.14 Å². The Morgan fingerprint density at radius 3 is 2.14 bits per heavy atom. The van der Waals surface area contributed by atoms with Gasteiger partial charge in [-0.1, -0.05) is 66.7 Å². The number of hydrogen-bond acceptors (Lipinski definition) is 3. The van der Waals surface area contributed by atoms with Gasteiger partial charge in [-0.05, 0) is 11.6 Å². The second-order valence-electron chi connectivity index (χ2n) is 5.97. The number of carbonyl (C=O) groups is 1. The van der Waals surface area contributed by atoms with E-state index in [4.69, 9.17) is 4.74 Å². The second kappa shape index (κ2) is 7.64. The highest BCUT2D eigenvalue weighted by atomic mass is 31.2. The zero-order valence-electron chi connectivity index (χ0n) is 14.8. The van der Waals surface area contributed by atoms with Gasteiger partial charge in [-0.2, -0.15) is 13.2 Å². The molecule has 3 nitrogen and oxygen atoms in total. The molecule has 7 heteroatoms. The average molecular weight is 404 g/mol. The van der Waals surface area contributed by atoms with Crippen LogP contribution in [0.25, 0.3) is 11.1 Å². The molecule has 0 aliphatic carbocycles. The number of methoxy groups -OCH3 is 1. The largest absolute Gasteiger partial charge is 0.496 e. The zero-order chi connectivity index (χ0) is 20.4. The third kappa shape index (κ3) is 3.25. The van der Waals surface area contributed by atoms with Crippen LogP contribution in [0.3, 0.4) is 0 Å². The first-order chi connectivity index (χ1) is 13.3. The molecular weight excluding hydrogens is 388 g/mol. The van der Waals surface area contributed by atoms with Gasteiger partial charge >= 0.3 is 5.92 Å². The number of carbonyl (C=O) groups excluding carboxylic acids is 1. The normalized spacial score (nSPS) is 13.6. The second-order valence-corrected chi connectivity index (χ2v) is 8.70. The van der Waals surface area contributed by atoms with Crippen molar-refractivity contribution in [3.63, 3.8) is 0 Å². The molecule has 0 aliphatic heterocycles. The first-order valence-electron chi connectivity index (χ1n) is 8.29. The number of halogens is 3. The van der Waals surface area contributed by atoms with Crippen LogP contribution >= 0.6 is 7.14 Å². The molecular formula is C21H16F3O3P. The summed E-state index contributed by atoms with van der Waals surface area (Å²) in [6.45, 7) is 0. The zero-order valence-corrected chi connectivity index (χ0v) is 15.7. The summed E-state index contributed by atoms with van der Waals surface area (Å²) in [4.78, 5) is 11.5. The number of benzene rings is 3. The van der Waals surface area contributed by atoms with Crippen LogP contribution in [0.4, 0.5) is 13.2 Å². The van der Waals surface area contributed by atoms with Gasteiger partial charge in [-0.15, -0.1) is 0 Å². The fourth-order valence-electron chi connectivity index (χ4n) is 3.12. The highest BCUT2D eigenvalue weighted by molar-refractivity contribution is 7.79. The van der Waals surface area contributed by atoms with E-state index in [2.05, 4.69) is 0 Å². The van der Waals surface area contributed by atoms with Gasteiger partial charge in [0.15, 0.2) is 6.29 Å². The topological polar surface area (TPSA) is 43.4 Å². The quantitative estimate of drug-likeness (QED) is 0.444. The predicted octanol–water partition coefficient (Wildman–Crippen LogP) is 5.01. The van der Waals surface area contributed by atoms with Gasteiger partial charge in [0.1, 0.15) is 5.75 Å². The molecule has 0 aromatic heterocycles. The molecule has 0 aliphatic rings. The lowest BCUT2D eigenvalue weighted by Gasteiger charge is -2.25. The molecule has 3 rings (SSSR count). The van der Waals surface area contributed by atoms with Crippen molar-refractivity contribution in [1.82, 2.24) is 0 Å². The lowest BCUT2D eigenvalue weighted by Crippen LogP contribution is -2.29. The van der Waals surface area contributed by atoms with Crippen LogP contribution in [-0.4, -0.2) is 19.3 Å². The van der Waals surface area contributed by atoms with E-state index in [9.17, 15) is 22.5 Å². The van der Waals surface area contributed by atoms with E-state index in [-0.39, 0.29) is 33.0 Å². The summed E-state index contributed by atoms with van der Waals surface area (Å²) in [7, 11) is -3.69. The molecule has 0 unspecified atom stereocenters. The Morgan fingerprint density at radius 2 is 1.54 bits per heavy atom. The number of hydrogen-bond donors (Lipinski definition) is 0. The molecule has 144 valence electrons. The Hall–Kier alpha value is -2.85. The maximum Gasteiger partial charge on any atom is 0.448 e. The van der Waals surface area contributed by atoms with Crippen molar-refractivity contribution in [3.8, 4) is 16.9 Å². The summed E-state index contributed by atoms with van der Waals surface area (Å²) in [6, 6.07) is 16.9. The fraction of sp³-hybridized carbons (Fsp3) is 0.0952. The predicted molar refractivity (Wildman–Crippen MR) is 103 cm³/mol. The van der Waals surface area contributed by atoms with E-state index < -0.39 is 13.1 Å². The molecule has 3 aromatic rings. The Bertz CT molecular complexity index is 1050. The average Bonchev–Trinajstić information content (AvgIpc) is 2.72. The standard InChI is InChI=1S/C21H16F3O3P/c1-27-18-12-7-8-15(14-25)20(18)17-11-5-6-13-19(17)28(26,21(22,23)24)16-9-3-2-4-10-16/h2-14H,1H3/t28-/m1/s1. The van der Waals surface area contributed by atoms with E-state index in [1.807, 2.05) is 0 Å². The van der Waals surface area contributed by atoms with E-state index in [1.165, 1.54) is 61.7 Å². The van der Waals surface area contributed by atoms with Crippen molar-refractivity contribution in [2.24, 2.45) is 0 Å². The summed E-state index contributed by atoms with van der Waals surface area (Å²) in [5.74, 6) is -4.78. The van der Waals surface area contributed by atoms with Crippen molar-refractivity contribution < 1.29 is 27.3 Å². The molecule has 0 N–H and O–H groups in total. The van der Waals surface area contributed by atoms with E-state index in [0.29, 0.717) is 6.29 Å². The highest BCUT2D eigenvalue weighted by Crippen LogP contribution is 2.60. The first kappa shape index (κ1) is 19.9.